The number of aliphatic hydroxyl groups is 3. The molecule has 0 spiro atoms. The summed E-state index contributed by atoms with van der Waals surface area (Å²) in [6.45, 7) is -0.462. The minimum Gasteiger partial charge on any atom is -0.690 e. The number of aromatic nitrogens is 3. The Kier molecular flexibility index (Phi) is 2.95. The van der Waals surface area contributed by atoms with Crippen LogP contribution in [0.5, 0.6) is 0 Å². The summed E-state index contributed by atoms with van der Waals surface area (Å²) >= 11 is 0. The Morgan fingerprint density at radius 1 is 1.45 bits per heavy atom. The van der Waals surface area contributed by atoms with Gasteiger partial charge >= 0.3 is 5.82 Å². The predicted octanol–water partition coefficient (Wildman–Crippen LogP) is -4.22. The summed E-state index contributed by atoms with van der Waals surface area (Å²) in [4.78, 5) is 4.09. The van der Waals surface area contributed by atoms with Gasteiger partial charge in [-0.1, -0.05) is 5.53 Å². The van der Waals surface area contributed by atoms with Gasteiger partial charge < -0.3 is 31.0 Å². The molecule has 0 saturated carbocycles. The van der Waals surface area contributed by atoms with Crippen molar-refractivity contribution in [2.75, 3.05) is 22.8 Å². The molecule has 1 saturated heterocycles. The number of hydrogen-bond acceptors (Lipinski definition) is 11. The molecule has 110 valence electrons. The van der Waals surface area contributed by atoms with Crippen LogP contribution in [0.3, 0.4) is 0 Å². The zero-order valence-electron chi connectivity index (χ0n) is 10.0. The molecule has 1 fully saturated rings. The number of hydrazine groups is 2. The zero-order valence-corrected chi connectivity index (χ0v) is 10.0. The second kappa shape index (κ2) is 4.53. The summed E-state index contributed by atoms with van der Waals surface area (Å²) < 4.78 is 5.32. The minimum absolute atomic E-state index is 0.0306. The molecular formula is C8H13N7O5. The molecule has 0 bridgehead atoms. The van der Waals surface area contributed by atoms with E-state index in [-0.39, 0.29) is 22.4 Å². The van der Waals surface area contributed by atoms with E-state index in [2.05, 4.69) is 21.0 Å². The summed E-state index contributed by atoms with van der Waals surface area (Å²) in [5, 5.41) is 44.8. The molecule has 0 aromatic carbocycles. The molecule has 0 radical (unpaired) electrons. The van der Waals surface area contributed by atoms with Crippen molar-refractivity contribution in [3.8, 4) is 0 Å². The fraction of sp³-hybridized carbons (Fsp3) is 0.625. The summed E-state index contributed by atoms with van der Waals surface area (Å²) in [5.41, 5.74) is 10.4. The van der Waals surface area contributed by atoms with E-state index in [1.54, 1.807) is 0 Å². The van der Waals surface area contributed by atoms with E-state index in [4.69, 9.17) is 15.6 Å². The molecule has 1 aromatic rings. The van der Waals surface area contributed by atoms with E-state index in [0.29, 0.717) is 0 Å². The molecule has 7 N–H and O–H groups in total. The number of nitrogens with zero attached hydrogens (tertiary/aromatic N) is 4. The van der Waals surface area contributed by atoms with Gasteiger partial charge in [0.15, 0.2) is 6.23 Å². The van der Waals surface area contributed by atoms with Crippen molar-refractivity contribution >= 4 is 17.6 Å². The van der Waals surface area contributed by atoms with Gasteiger partial charge in [-0.3, -0.25) is 0 Å². The molecule has 3 rings (SSSR count). The fourth-order valence-corrected chi connectivity index (χ4v) is 2.13. The Balaban J connectivity index is 1.92. The third-order valence-electron chi connectivity index (χ3n) is 3.11. The van der Waals surface area contributed by atoms with Crippen LogP contribution in [0.1, 0.15) is 0 Å². The van der Waals surface area contributed by atoms with Gasteiger partial charge in [0, 0.05) is 0 Å². The number of hydrogen-bond donors (Lipinski definition) is 6. The quantitative estimate of drug-likeness (QED) is 0.229. The van der Waals surface area contributed by atoms with Crippen LogP contribution in [0.25, 0.3) is 0 Å². The average molecular weight is 287 g/mol. The van der Waals surface area contributed by atoms with Crippen LogP contribution in [0.4, 0.5) is 17.6 Å². The minimum atomic E-state index is -1.32. The summed E-state index contributed by atoms with van der Waals surface area (Å²) in [7, 11) is 0. The lowest BCUT2D eigenvalue weighted by molar-refractivity contribution is -0.653. The van der Waals surface area contributed by atoms with E-state index in [9.17, 15) is 15.4 Å². The van der Waals surface area contributed by atoms with Crippen LogP contribution in [0, 0.1) is 5.21 Å². The largest absolute Gasteiger partial charge is 0.690 e. The standard InChI is InChI=1S/C8H13N7O5/c9-8-10-5-6(15(19)12-8)11-13-14(5)7-4(18)3(17)2(1-16)20-7/h2-4,7,11,13,16-18H,1H2,(H2,9,10,12)/t2-,3-,4-,7-/m1/s1. The van der Waals surface area contributed by atoms with Gasteiger partial charge in [-0.05, 0) is 5.10 Å². The van der Waals surface area contributed by atoms with Crippen molar-refractivity contribution in [2.45, 2.75) is 24.5 Å². The van der Waals surface area contributed by atoms with Gasteiger partial charge in [0.25, 0.3) is 5.95 Å². The predicted molar refractivity (Wildman–Crippen MR) is 62.4 cm³/mol. The van der Waals surface area contributed by atoms with Crippen molar-refractivity contribution in [1.29, 1.82) is 0 Å². The second-order valence-corrected chi connectivity index (χ2v) is 4.35. The highest BCUT2D eigenvalue weighted by Gasteiger charge is 2.49. The lowest BCUT2D eigenvalue weighted by Gasteiger charge is -2.24. The first kappa shape index (κ1) is 13.0. The lowest BCUT2D eigenvalue weighted by Crippen LogP contribution is -2.50. The van der Waals surface area contributed by atoms with E-state index in [0.717, 1.165) is 0 Å². The Labute approximate surface area is 111 Å². The van der Waals surface area contributed by atoms with Gasteiger partial charge in [-0.2, -0.15) is 10.4 Å². The molecule has 2 aliphatic rings. The van der Waals surface area contributed by atoms with Crippen LogP contribution in [-0.4, -0.2) is 56.5 Å². The van der Waals surface area contributed by atoms with Gasteiger partial charge in [-0.15, -0.1) is 4.85 Å². The number of nitrogen functional groups attached to an aromatic ring is 1. The van der Waals surface area contributed by atoms with E-state index in [1.165, 1.54) is 5.01 Å². The van der Waals surface area contributed by atoms with Crippen LogP contribution >= 0.6 is 0 Å². The molecule has 12 heteroatoms. The van der Waals surface area contributed by atoms with Gasteiger partial charge in [0.2, 0.25) is 5.82 Å². The normalized spacial score (nSPS) is 32.2. The summed E-state index contributed by atoms with van der Waals surface area (Å²) in [5.74, 6) is -0.236. The molecule has 1 aromatic heterocycles. The Bertz CT molecular complexity index is 530. The number of rotatable bonds is 2. The molecule has 20 heavy (non-hydrogen) atoms. The third-order valence-corrected chi connectivity index (χ3v) is 3.11. The highest BCUT2D eigenvalue weighted by molar-refractivity contribution is 5.62. The maximum atomic E-state index is 11.5. The van der Waals surface area contributed by atoms with E-state index < -0.39 is 31.1 Å². The summed E-state index contributed by atoms with van der Waals surface area (Å²) in [6, 6.07) is 0. The maximum absolute atomic E-state index is 11.5. The van der Waals surface area contributed by atoms with Gasteiger partial charge in [0.1, 0.15) is 18.3 Å². The topological polar surface area (TPSA) is 176 Å². The Morgan fingerprint density at radius 3 is 2.85 bits per heavy atom. The van der Waals surface area contributed by atoms with Gasteiger partial charge in [0.05, 0.1) is 6.61 Å². The van der Waals surface area contributed by atoms with Crippen LogP contribution in [-0.2, 0) is 4.74 Å². The SMILES string of the molecule is Nc1nc2c([n+]([O-])n1)NNN2[C@@H]1O[C@H](CO)[C@@H](O)[C@H]1O. The van der Waals surface area contributed by atoms with Crippen molar-refractivity contribution < 1.29 is 24.9 Å². The van der Waals surface area contributed by atoms with Gasteiger partial charge in [-0.25, -0.2) is 5.01 Å². The molecule has 0 amide bonds. The number of nitrogens with two attached hydrogens (primary N) is 1. The smallest absolute Gasteiger partial charge is 0.364 e. The highest BCUT2D eigenvalue weighted by Crippen LogP contribution is 2.31. The lowest BCUT2D eigenvalue weighted by atomic mass is 10.1. The van der Waals surface area contributed by atoms with Crippen molar-refractivity contribution in [3.63, 3.8) is 0 Å². The molecule has 12 nitrogen and oxygen atoms in total. The first-order valence-corrected chi connectivity index (χ1v) is 5.73. The van der Waals surface area contributed by atoms with E-state index >= 15 is 0 Å². The average Bonchev–Trinajstić information content (AvgIpc) is 2.93. The Morgan fingerprint density at radius 2 is 2.20 bits per heavy atom. The second-order valence-electron chi connectivity index (χ2n) is 4.35. The number of fused-ring (bicyclic) bond motifs is 1. The number of aliphatic hydroxyl groups excluding tert-OH is 3. The van der Waals surface area contributed by atoms with Crippen molar-refractivity contribution in [1.82, 2.24) is 15.6 Å². The molecule has 3 heterocycles. The van der Waals surface area contributed by atoms with Crippen LogP contribution in [0.2, 0.25) is 0 Å². The monoisotopic (exact) mass is 287 g/mol. The molecule has 2 aliphatic heterocycles. The molecule has 0 unspecified atom stereocenters. The highest BCUT2D eigenvalue weighted by atomic mass is 16.6. The number of nitrogens with one attached hydrogen (secondary N) is 2. The Hall–Kier alpha value is -1.99. The zero-order chi connectivity index (χ0) is 14.4. The van der Waals surface area contributed by atoms with Crippen LogP contribution in [0.15, 0.2) is 0 Å². The first-order chi connectivity index (χ1) is 9.52. The summed E-state index contributed by atoms with van der Waals surface area (Å²) in [6.07, 6.45) is -4.59. The van der Waals surface area contributed by atoms with E-state index in [1.807, 2.05) is 0 Å². The maximum Gasteiger partial charge on any atom is 0.364 e. The molecule has 0 aliphatic carbocycles. The fourth-order valence-electron chi connectivity index (χ4n) is 2.13. The first-order valence-electron chi connectivity index (χ1n) is 5.73. The third kappa shape index (κ3) is 1.78. The van der Waals surface area contributed by atoms with Crippen molar-refractivity contribution in [2.24, 2.45) is 0 Å². The molecular weight excluding hydrogens is 274 g/mol. The van der Waals surface area contributed by atoms with Crippen LogP contribution < -0.4 is 26.5 Å². The number of ether oxygens (including phenoxy) is 1. The van der Waals surface area contributed by atoms with Crippen molar-refractivity contribution in [3.05, 3.63) is 5.21 Å². The number of anilines is 3. The molecule has 4 atom stereocenters.